The molecule has 1 aliphatic carbocycles. The molecule has 0 fully saturated rings. The molecule has 164 valence electrons. The lowest BCUT2D eigenvalue weighted by atomic mass is 9.72. The Morgan fingerprint density at radius 1 is 1.16 bits per heavy atom. The summed E-state index contributed by atoms with van der Waals surface area (Å²) >= 11 is 1.66. The molecule has 0 aliphatic heterocycles. The number of hydrogen-bond acceptors (Lipinski definition) is 4. The van der Waals surface area contributed by atoms with Gasteiger partial charge in [-0.05, 0) is 83.7 Å². The van der Waals surface area contributed by atoms with Gasteiger partial charge >= 0.3 is 0 Å². The second-order valence-corrected chi connectivity index (χ2v) is 10.4. The Hall–Kier alpha value is -2.97. The predicted octanol–water partition coefficient (Wildman–Crippen LogP) is 7.24. The third-order valence-corrected chi connectivity index (χ3v) is 7.28. The fraction of sp³-hybridized carbons (Fsp3) is 0.333. The molecule has 1 heterocycles. The number of fused-ring (bicyclic) bond motifs is 1. The van der Waals surface area contributed by atoms with Crippen molar-refractivity contribution in [3.63, 3.8) is 0 Å². The molecular weight excluding hydrogens is 419 g/mol. The lowest BCUT2D eigenvalue weighted by Gasteiger charge is -2.33. The van der Waals surface area contributed by atoms with Gasteiger partial charge < -0.3 is 4.74 Å². The Labute approximate surface area is 193 Å². The zero-order valence-electron chi connectivity index (χ0n) is 18.7. The van der Waals surface area contributed by atoms with Crippen LogP contribution in [0, 0.1) is 28.5 Å². The van der Waals surface area contributed by atoms with Gasteiger partial charge in [-0.2, -0.15) is 5.26 Å². The maximum Gasteiger partial charge on any atom is 0.134 e. The lowest BCUT2D eigenvalue weighted by Crippen LogP contribution is -2.26. The van der Waals surface area contributed by atoms with Gasteiger partial charge in [0, 0.05) is 11.1 Å². The summed E-state index contributed by atoms with van der Waals surface area (Å²) in [5.41, 5.74) is 4.08. The summed E-state index contributed by atoms with van der Waals surface area (Å²) in [5.74, 6) is 1.13. The van der Waals surface area contributed by atoms with Crippen molar-refractivity contribution in [2.75, 3.05) is 0 Å². The minimum atomic E-state index is -0.252. The summed E-state index contributed by atoms with van der Waals surface area (Å²) in [6, 6.07) is 16.4. The third-order valence-electron chi connectivity index (χ3n) is 6.11. The zero-order chi connectivity index (χ0) is 22.7. The average Bonchev–Trinajstić information content (AvgIpc) is 3.14. The monoisotopic (exact) mass is 446 g/mol. The summed E-state index contributed by atoms with van der Waals surface area (Å²) in [6.45, 7) is 7.28. The molecule has 2 aromatic carbocycles. The SMILES string of the molecule is CC(C)(C)[C@@H]1CCc2c(sc(N=Cc3ccc(OCc4ccc(F)cc4)cc3)c2C#N)C1. The molecule has 0 radical (unpaired) electrons. The molecule has 0 amide bonds. The Bertz CT molecular complexity index is 1150. The fourth-order valence-electron chi connectivity index (χ4n) is 4.05. The minimum absolute atomic E-state index is 0.252. The van der Waals surface area contributed by atoms with Gasteiger partial charge in [-0.15, -0.1) is 11.3 Å². The van der Waals surface area contributed by atoms with Crippen LogP contribution in [0.15, 0.2) is 53.5 Å². The molecule has 3 nitrogen and oxygen atoms in total. The van der Waals surface area contributed by atoms with Crippen molar-refractivity contribution in [2.24, 2.45) is 16.3 Å². The Balaban J connectivity index is 1.44. The van der Waals surface area contributed by atoms with Crippen molar-refractivity contribution < 1.29 is 9.13 Å². The highest BCUT2D eigenvalue weighted by Crippen LogP contribution is 2.44. The molecular formula is C27H27FN2OS. The quantitative estimate of drug-likeness (QED) is 0.388. The largest absolute Gasteiger partial charge is 0.489 e. The molecule has 0 bridgehead atoms. The molecule has 0 saturated heterocycles. The van der Waals surface area contributed by atoms with Crippen LogP contribution >= 0.6 is 11.3 Å². The van der Waals surface area contributed by atoms with E-state index in [-0.39, 0.29) is 11.2 Å². The number of hydrogen-bond donors (Lipinski definition) is 0. The maximum atomic E-state index is 13.0. The second kappa shape index (κ2) is 9.26. The summed E-state index contributed by atoms with van der Waals surface area (Å²) in [6.07, 6.45) is 4.94. The Morgan fingerprint density at radius 2 is 1.88 bits per heavy atom. The number of ether oxygens (including phenoxy) is 1. The summed E-state index contributed by atoms with van der Waals surface area (Å²) < 4.78 is 18.8. The highest BCUT2D eigenvalue weighted by molar-refractivity contribution is 7.16. The molecule has 1 aromatic heterocycles. The molecule has 1 atom stereocenters. The van der Waals surface area contributed by atoms with Crippen molar-refractivity contribution in [1.82, 2.24) is 0 Å². The van der Waals surface area contributed by atoms with E-state index in [1.807, 2.05) is 30.5 Å². The normalized spacial score (nSPS) is 16.0. The summed E-state index contributed by atoms with van der Waals surface area (Å²) in [4.78, 5) is 5.99. The van der Waals surface area contributed by atoms with Gasteiger partial charge in [0.25, 0.3) is 0 Å². The van der Waals surface area contributed by atoms with Crippen LogP contribution in [-0.2, 0) is 19.4 Å². The van der Waals surface area contributed by atoms with Gasteiger partial charge in [0.05, 0.1) is 5.56 Å². The Morgan fingerprint density at radius 3 is 2.53 bits per heavy atom. The molecule has 5 heteroatoms. The number of benzene rings is 2. The molecule has 0 N–H and O–H groups in total. The zero-order valence-corrected chi connectivity index (χ0v) is 19.5. The van der Waals surface area contributed by atoms with Crippen LogP contribution < -0.4 is 4.74 Å². The molecule has 4 rings (SSSR count). The van der Waals surface area contributed by atoms with E-state index in [9.17, 15) is 9.65 Å². The van der Waals surface area contributed by atoms with Crippen molar-refractivity contribution in [2.45, 2.75) is 46.6 Å². The van der Waals surface area contributed by atoms with E-state index >= 15 is 0 Å². The van der Waals surface area contributed by atoms with E-state index in [0.717, 1.165) is 46.7 Å². The van der Waals surface area contributed by atoms with E-state index in [1.54, 1.807) is 23.5 Å². The highest BCUT2D eigenvalue weighted by atomic mass is 32.1. The van der Waals surface area contributed by atoms with Gasteiger partial charge in [-0.25, -0.2) is 9.38 Å². The van der Waals surface area contributed by atoms with E-state index < -0.39 is 0 Å². The van der Waals surface area contributed by atoms with E-state index in [1.165, 1.54) is 22.6 Å². The first kappa shape index (κ1) is 22.2. The molecule has 0 saturated carbocycles. The van der Waals surface area contributed by atoms with Crippen LogP contribution in [0.3, 0.4) is 0 Å². The number of halogens is 1. The number of nitriles is 1. The third kappa shape index (κ3) is 5.08. The molecule has 0 spiro atoms. The first-order valence-electron chi connectivity index (χ1n) is 10.9. The average molecular weight is 447 g/mol. The standard InChI is InChI=1S/C27H27FN2OS/c1-27(2,3)20-8-13-23-24(15-29)26(32-25(23)14-20)30-16-18-6-11-22(12-7-18)31-17-19-4-9-21(28)10-5-19/h4-7,9-12,16,20H,8,13-14,17H2,1-3H3/t20-/m1/s1. The van der Waals surface area contributed by atoms with Gasteiger partial charge in [-0.1, -0.05) is 32.9 Å². The van der Waals surface area contributed by atoms with Gasteiger partial charge in [0.2, 0.25) is 0 Å². The number of nitrogens with zero attached hydrogens (tertiary/aromatic N) is 2. The van der Waals surface area contributed by atoms with Crippen molar-refractivity contribution in [3.05, 3.63) is 81.5 Å². The molecule has 3 aromatic rings. The lowest BCUT2D eigenvalue weighted by molar-refractivity contribution is 0.218. The van der Waals surface area contributed by atoms with E-state index in [2.05, 4.69) is 31.8 Å². The maximum absolute atomic E-state index is 13.0. The van der Waals surface area contributed by atoms with Crippen molar-refractivity contribution in [1.29, 1.82) is 5.26 Å². The van der Waals surface area contributed by atoms with Crippen LogP contribution in [0.25, 0.3) is 0 Å². The molecule has 1 aliphatic rings. The van der Waals surface area contributed by atoms with Gasteiger partial charge in [-0.3, -0.25) is 0 Å². The van der Waals surface area contributed by atoms with Crippen LogP contribution in [0.5, 0.6) is 5.75 Å². The van der Waals surface area contributed by atoms with E-state index in [0.29, 0.717) is 12.5 Å². The topological polar surface area (TPSA) is 45.4 Å². The van der Waals surface area contributed by atoms with Crippen LogP contribution in [0.4, 0.5) is 9.39 Å². The number of aliphatic imine (C=N–C) groups is 1. The first-order valence-corrected chi connectivity index (χ1v) is 11.7. The molecule has 0 unspecified atom stereocenters. The second-order valence-electron chi connectivity index (χ2n) is 9.34. The smallest absolute Gasteiger partial charge is 0.134 e. The summed E-state index contributed by atoms with van der Waals surface area (Å²) in [7, 11) is 0. The number of thiophene rings is 1. The van der Waals surface area contributed by atoms with Crippen molar-refractivity contribution in [3.8, 4) is 11.8 Å². The van der Waals surface area contributed by atoms with Crippen molar-refractivity contribution >= 4 is 22.6 Å². The summed E-state index contributed by atoms with van der Waals surface area (Å²) in [5, 5.41) is 10.5. The highest BCUT2D eigenvalue weighted by Gasteiger charge is 2.32. The minimum Gasteiger partial charge on any atom is -0.489 e. The Kier molecular flexibility index (Phi) is 6.43. The van der Waals surface area contributed by atoms with Crippen LogP contribution in [0.2, 0.25) is 0 Å². The van der Waals surface area contributed by atoms with Gasteiger partial charge in [0.15, 0.2) is 0 Å². The van der Waals surface area contributed by atoms with Gasteiger partial charge in [0.1, 0.15) is 29.2 Å². The number of rotatable bonds is 5. The predicted molar refractivity (Wildman–Crippen MR) is 128 cm³/mol. The van der Waals surface area contributed by atoms with E-state index in [4.69, 9.17) is 4.74 Å². The first-order chi connectivity index (χ1) is 15.3. The fourth-order valence-corrected chi connectivity index (χ4v) is 5.27. The molecule has 32 heavy (non-hydrogen) atoms. The van der Waals surface area contributed by atoms with Crippen LogP contribution in [0.1, 0.15) is 54.3 Å². The van der Waals surface area contributed by atoms with Crippen LogP contribution in [-0.4, -0.2) is 6.21 Å².